The molecule has 3 rings (SSSR count). The molecule has 0 unspecified atom stereocenters. The summed E-state index contributed by atoms with van der Waals surface area (Å²) in [7, 11) is 0. The molecular formula is C26H34N2O2. The van der Waals surface area contributed by atoms with E-state index in [2.05, 4.69) is 10.2 Å². The molecule has 30 heavy (non-hydrogen) atoms. The summed E-state index contributed by atoms with van der Waals surface area (Å²) in [5, 5.41) is 29.5. The molecule has 2 aromatic rings. The molecule has 160 valence electrons. The molecule has 2 aromatic carbocycles. The second-order valence-corrected chi connectivity index (χ2v) is 8.12. The quantitative estimate of drug-likeness (QED) is 0.475. The fourth-order valence-electron chi connectivity index (χ4n) is 3.97. The standard InChI is InChI=1S/C26H34N2O2/c29-25-21-13-7-5-3-1-2-4-6-8-14-23-18-12-19-24(26(23)30)28-27-20-10-9-15-22(25)17-11-16-21/h9,11-12,15-19,29-30H,1-8,10,13-14,20H2/b15-9-,28-27?. The van der Waals surface area contributed by atoms with Crippen molar-refractivity contribution in [3.63, 3.8) is 0 Å². The molecule has 0 spiro atoms. The van der Waals surface area contributed by atoms with Crippen LogP contribution in [0.4, 0.5) is 5.69 Å². The van der Waals surface area contributed by atoms with Crippen LogP contribution in [0.1, 0.15) is 74.5 Å². The van der Waals surface area contributed by atoms with Gasteiger partial charge in [0.15, 0.2) is 0 Å². The van der Waals surface area contributed by atoms with Crippen molar-refractivity contribution in [1.82, 2.24) is 0 Å². The number of rotatable bonds is 0. The molecule has 0 radical (unpaired) electrons. The number of hydrogen-bond donors (Lipinski definition) is 2. The normalized spacial score (nSPS) is 18.1. The molecule has 0 saturated carbocycles. The maximum Gasteiger partial charge on any atom is 0.146 e. The highest BCUT2D eigenvalue weighted by Gasteiger charge is 2.07. The van der Waals surface area contributed by atoms with E-state index in [1.807, 2.05) is 42.5 Å². The number of benzene rings is 2. The summed E-state index contributed by atoms with van der Waals surface area (Å²) >= 11 is 0. The van der Waals surface area contributed by atoms with Gasteiger partial charge in [-0.25, -0.2) is 0 Å². The Morgan fingerprint density at radius 1 is 0.667 bits per heavy atom. The Morgan fingerprint density at radius 2 is 1.27 bits per heavy atom. The largest absolute Gasteiger partial charge is 0.507 e. The molecule has 0 atom stereocenters. The van der Waals surface area contributed by atoms with Crippen molar-refractivity contribution in [3.05, 3.63) is 59.2 Å². The van der Waals surface area contributed by atoms with Gasteiger partial charge in [-0.2, -0.15) is 10.2 Å². The van der Waals surface area contributed by atoms with Crippen molar-refractivity contribution in [2.75, 3.05) is 6.54 Å². The van der Waals surface area contributed by atoms with Crippen LogP contribution in [0.15, 0.2) is 52.7 Å². The van der Waals surface area contributed by atoms with Gasteiger partial charge >= 0.3 is 0 Å². The lowest BCUT2D eigenvalue weighted by Crippen LogP contribution is -1.90. The van der Waals surface area contributed by atoms with Crippen LogP contribution < -0.4 is 0 Å². The molecule has 1 heterocycles. The summed E-state index contributed by atoms with van der Waals surface area (Å²) in [6, 6.07) is 11.7. The van der Waals surface area contributed by atoms with E-state index >= 15 is 0 Å². The summed E-state index contributed by atoms with van der Waals surface area (Å²) < 4.78 is 0. The average Bonchev–Trinajstić information content (AvgIpc) is 2.75. The van der Waals surface area contributed by atoms with Gasteiger partial charge in [0, 0.05) is 5.56 Å². The van der Waals surface area contributed by atoms with E-state index in [-0.39, 0.29) is 5.75 Å². The van der Waals surface area contributed by atoms with Crippen molar-refractivity contribution < 1.29 is 10.2 Å². The molecule has 4 heteroatoms. The van der Waals surface area contributed by atoms with Crippen LogP contribution in [0.5, 0.6) is 11.5 Å². The molecule has 2 N–H and O–H groups in total. The first-order valence-electron chi connectivity index (χ1n) is 11.4. The van der Waals surface area contributed by atoms with Crippen molar-refractivity contribution >= 4 is 11.8 Å². The van der Waals surface area contributed by atoms with Gasteiger partial charge in [0.05, 0.1) is 6.54 Å². The number of aryl methyl sites for hydroxylation is 2. The highest BCUT2D eigenvalue weighted by molar-refractivity contribution is 5.59. The molecule has 4 nitrogen and oxygen atoms in total. The summed E-state index contributed by atoms with van der Waals surface area (Å²) in [5.41, 5.74) is 3.40. The number of para-hydroxylation sites is 2. The highest BCUT2D eigenvalue weighted by Crippen LogP contribution is 2.31. The van der Waals surface area contributed by atoms with Crippen LogP contribution in [0, 0.1) is 0 Å². The van der Waals surface area contributed by atoms with Gasteiger partial charge in [0.25, 0.3) is 0 Å². The highest BCUT2D eigenvalue weighted by atomic mass is 16.3. The number of fused-ring (bicyclic) bond motifs is 4. The summed E-state index contributed by atoms with van der Waals surface area (Å²) in [4.78, 5) is 0. The van der Waals surface area contributed by atoms with Gasteiger partial charge < -0.3 is 10.2 Å². The monoisotopic (exact) mass is 406 g/mol. The van der Waals surface area contributed by atoms with E-state index in [1.54, 1.807) is 6.07 Å². The van der Waals surface area contributed by atoms with Crippen molar-refractivity contribution in [1.29, 1.82) is 0 Å². The van der Waals surface area contributed by atoms with Crippen LogP contribution >= 0.6 is 0 Å². The third kappa shape index (κ3) is 6.72. The van der Waals surface area contributed by atoms with Gasteiger partial charge in [0.1, 0.15) is 17.2 Å². The number of azo groups is 1. The van der Waals surface area contributed by atoms with E-state index in [4.69, 9.17) is 0 Å². The topological polar surface area (TPSA) is 65.2 Å². The van der Waals surface area contributed by atoms with Crippen LogP contribution in [-0.4, -0.2) is 16.8 Å². The molecule has 4 bridgehead atoms. The predicted molar refractivity (Wildman–Crippen MR) is 124 cm³/mol. The van der Waals surface area contributed by atoms with Crippen molar-refractivity contribution in [2.24, 2.45) is 10.2 Å². The Morgan fingerprint density at radius 3 is 1.97 bits per heavy atom. The fraction of sp³-hybridized carbons (Fsp3) is 0.462. The van der Waals surface area contributed by atoms with Gasteiger partial charge in [-0.3, -0.25) is 0 Å². The van der Waals surface area contributed by atoms with Crippen LogP contribution in [0.2, 0.25) is 0 Å². The van der Waals surface area contributed by atoms with E-state index in [9.17, 15) is 10.2 Å². The molecule has 0 amide bonds. The Balaban J connectivity index is 1.68. The van der Waals surface area contributed by atoms with Gasteiger partial charge in [-0.15, -0.1) is 0 Å². The second-order valence-electron chi connectivity index (χ2n) is 8.12. The zero-order chi connectivity index (χ0) is 21.0. The van der Waals surface area contributed by atoms with Gasteiger partial charge in [0.2, 0.25) is 0 Å². The van der Waals surface area contributed by atoms with Crippen LogP contribution in [-0.2, 0) is 12.8 Å². The zero-order valence-electron chi connectivity index (χ0n) is 17.9. The van der Waals surface area contributed by atoms with Crippen molar-refractivity contribution in [2.45, 2.75) is 70.6 Å². The minimum atomic E-state index is 0.265. The molecule has 1 aliphatic rings. The first kappa shape index (κ1) is 22.1. The van der Waals surface area contributed by atoms with Gasteiger partial charge in [-0.1, -0.05) is 81.0 Å². The molecule has 0 saturated heterocycles. The first-order valence-corrected chi connectivity index (χ1v) is 11.4. The zero-order valence-corrected chi connectivity index (χ0v) is 17.9. The maximum absolute atomic E-state index is 10.6. The molecular weight excluding hydrogens is 372 g/mol. The Hall–Kier alpha value is -2.62. The molecule has 0 fully saturated rings. The minimum Gasteiger partial charge on any atom is -0.507 e. The average molecular weight is 407 g/mol. The predicted octanol–water partition coefficient (Wildman–Crippen LogP) is 7.50. The lowest BCUT2D eigenvalue weighted by Gasteiger charge is -2.08. The SMILES string of the molecule is Oc1c2cccc1CCCCCCCCCCc1cccc(c1O)N=NCC/C=C\2. The molecule has 0 aliphatic carbocycles. The maximum atomic E-state index is 10.6. The van der Waals surface area contributed by atoms with E-state index in [1.165, 1.54) is 38.5 Å². The number of phenols is 2. The first-order chi connectivity index (χ1) is 14.8. The fourth-order valence-corrected chi connectivity index (χ4v) is 3.97. The Labute approximate surface area is 180 Å². The summed E-state index contributed by atoms with van der Waals surface area (Å²) in [5.74, 6) is 0.667. The summed E-state index contributed by atoms with van der Waals surface area (Å²) in [6.07, 6.45) is 16.2. The molecule has 1 aliphatic heterocycles. The summed E-state index contributed by atoms with van der Waals surface area (Å²) in [6.45, 7) is 0.542. The van der Waals surface area contributed by atoms with Crippen LogP contribution in [0.3, 0.4) is 0 Å². The third-order valence-corrected chi connectivity index (χ3v) is 5.76. The van der Waals surface area contributed by atoms with E-state index < -0.39 is 0 Å². The lowest BCUT2D eigenvalue weighted by atomic mass is 10.0. The van der Waals surface area contributed by atoms with E-state index in [0.717, 1.165) is 48.8 Å². The third-order valence-electron chi connectivity index (χ3n) is 5.76. The van der Waals surface area contributed by atoms with Gasteiger partial charge in [-0.05, 0) is 49.3 Å². The minimum absolute atomic E-state index is 0.265. The Bertz CT molecular complexity index is 787. The lowest BCUT2D eigenvalue weighted by molar-refractivity contribution is 0.464. The number of aromatic hydroxyl groups is 2. The van der Waals surface area contributed by atoms with Crippen molar-refractivity contribution in [3.8, 4) is 11.5 Å². The number of nitrogens with zero attached hydrogens (tertiary/aromatic N) is 2. The Kier molecular flexibility index (Phi) is 8.95. The number of hydrogen-bond acceptors (Lipinski definition) is 4. The second kappa shape index (κ2) is 12.2. The van der Waals surface area contributed by atoms with Crippen LogP contribution in [0.25, 0.3) is 6.08 Å². The van der Waals surface area contributed by atoms with E-state index in [0.29, 0.717) is 18.0 Å². The molecule has 0 aromatic heterocycles. The smallest absolute Gasteiger partial charge is 0.146 e. The number of phenolic OH excluding ortho intramolecular Hbond substituents is 2.